The number of ketones is 1. The van der Waals surface area contributed by atoms with Gasteiger partial charge in [0.25, 0.3) is 0 Å². The number of hydrogen-bond donors (Lipinski definition) is 0. The fraction of sp³-hybridized carbons (Fsp3) is 0.857. The van der Waals surface area contributed by atoms with Crippen LogP contribution in [0.15, 0.2) is 0 Å². The van der Waals surface area contributed by atoms with Crippen molar-refractivity contribution in [2.45, 2.75) is 49.3 Å². The molecule has 0 unspecified atom stereocenters. The van der Waals surface area contributed by atoms with Crippen molar-refractivity contribution in [2.75, 3.05) is 13.2 Å². The maximum Gasteiger partial charge on any atom is 0.392 e. The second-order valence-electron chi connectivity index (χ2n) is 6.31. The van der Waals surface area contributed by atoms with Crippen molar-refractivity contribution in [3.63, 3.8) is 0 Å². The highest BCUT2D eigenvalue weighted by Gasteiger charge is 2.84. The predicted molar refractivity (Wildman–Crippen MR) is 78.9 cm³/mol. The van der Waals surface area contributed by atoms with Crippen LogP contribution in [0.4, 0.5) is 35.1 Å². The van der Waals surface area contributed by atoms with Crippen molar-refractivity contribution < 1.29 is 54.4 Å². The molecular formula is C14H14ClF8NO5. The molecule has 0 aliphatic heterocycles. The number of carbonyl (C=O) groups excluding carboxylic acids is 2. The molecule has 29 heavy (non-hydrogen) atoms. The summed E-state index contributed by atoms with van der Waals surface area (Å²) in [7, 11) is 0. The van der Waals surface area contributed by atoms with Crippen molar-refractivity contribution in [1.29, 1.82) is 0 Å². The van der Waals surface area contributed by atoms with Gasteiger partial charge in [-0.15, -0.1) is 0 Å². The lowest BCUT2D eigenvalue weighted by atomic mass is 9.68. The zero-order chi connectivity index (χ0) is 23.1. The van der Waals surface area contributed by atoms with Crippen LogP contribution in [-0.2, 0) is 14.3 Å². The molecular weight excluding hydrogens is 450 g/mol. The molecule has 1 aliphatic carbocycles. The van der Waals surface area contributed by atoms with Crippen LogP contribution in [0.2, 0.25) is 0 Å². The molecule has 0 bridgehead atoms. The van der Waals surface area contributed by atoms with E-state index in [0.29, 0.717) is 0 Å². The zero-order valence-corrected chi connectivity index (χ0v) is 15.3. The van der Waals surface area contributed by atoms with Gasteiger partial charge >= 0.3 is 29.1 Å². The van der Waals surface area contributed by atoms with Crippen LogP contribution in [0, 0.1) is 21.4 Å². The molecule has 0 radical (unpaired) electrons. The van der Waals surface area contributed by atoms with E-state index in [0.717, 1.165) is 6.92 Å². The van der Waals surface area contributed by atoms with Crippen LogP contribution < -0.4 is 0 Å². The molecule has 0 spiro atoms. The predicted octanol–water partition coefficient (Wildman–Crippen LogP) is 3.92. The molecule has 1 rings (SSSR count). The summed E-state index contributed by atoms with van der Waals surface area (Å²) >= 11 is 3.87. The third kappa shape index (κ3) is 3.87. The number of Topliss-reactive ketones (excluding diaryl/α,β-unsaturated/α-hetero) is 1. The van der Waals surface area contributed by atoms with E-state index >= 15 is 0 Å². The molecule has 168 valence electrons. The van der Waals surface area contributed by atoms with Crippen LogP contribution in [0.25, 0.3) is 0 Å². The lowest BCUT2D eigenvalue weighted by Crippen LogP contribution is -2.67. The molecule has 0 amide bonds. The first-order chi connectivity index (χ1) is 12.9. The summed E-state index contributed by atoms with van der Waals surface area (Å²) in [6.07, 6.45) is -2.01. The Kier molecular flexibility index (Phi) is 6.84. The van der Waals surface area contributed by atoms with E-state index < -0.39 is 77.2 Å². The molecule has 0 aromatic rings. The third-order valence-corrected chi connectivity index (χ3v) is 4.88. The zero-order valence-electron chi connectivity index (χ0n) is 14.5. The van der Waals surface area contributed by atoms with Crippen molar-refractivity contribution in [2.24, 2.45) is 11.3 Å². The molecule has 0 saturated heterocycles. The molecule has 1 fully saturated rings. The van der Waals surface area contributed by atoms with Gasteiger partial charge in [0, 0.05) is 11.3 Å². The van der Waals surface area contributed by atoms with E-state index in [2.05, 4.69) is 16.3 Å². The minimum atomic E-state index is -6.98. The summed E-state index contributed by atoms with van der Waals surface area (Å²) in [6, 6.07) is 0. The molecule has 0 N–H and O–H groups in total. The van der Waals surface area contributed by atoms with Crippen LogP contribution in [0.3, 0.4) is 0 Å². The number of nitro groups is 1. The van der Waals surface area contributed by atoms with Crippen LogP contribution >= 0.6 is 11.6 Å². The van der Waals surface area contributed by atoms with Gasteiger partial charge < -0.3 is 4.74 Å². The Morgan fingerprint density at radius 1 is 1.21 bits per heavy atom. The van der Waals surface area contributed by atoms with Crippen LogP contribution in [-0.4, -0.2) is 53.0 Å². The number of ether oxygens (including phenoxy) is 1. The minimum Gasteiger partial charge on any atom is -0.465 e. The summed E-state index contributed by atoms with van der Waals surface area (Å²) in [5.74, 6) is -27.3. The van der Waals surface area contributed by atoms with E-state index in [1.54, 1.807) is 0 Å². The second-order valence-corrected chi connectivity index (χ2v) is 6.78. The maximum atomic E-state index is 14.6. The monoisotopic (exact) mass is 463 g/mol. The van der Waals surface area contributed by atoms with E-state index in [1.807, 2.05) is 0 Å². The molecule has 6 nitrogen and oxygen atoms in total. The number of esters is 1. The van der Waals surface area contributed by atoms with Gasteiger partial charge in [-0.1, -0.05) is 0 Å². The van der Waals surface area contributed by atoms with Gasteiger partial charge in [-0.05, 0) is 31.4 Å². The number of nitrogens with zero attached hydrogens (tertiary/aromatic N) is 1. The number of rotatable bonds is 9. The van der Waals surface area contributed by atoms with Crippen molar-refractivity contribution >= 4 is 23.4 Å². The highest BCUT2D eigenvalue weighted by Crippen LogP contribution is 2.60. The van der Waals surface area contributed by atoms with Crippen molar-refractivity contribution in [3.05, 3.63) is 10.1 Å². The Morgan fingerprint density at radius 2 is 1.72 bits per heavy atom. The minimum absolute atomic E-state index is 0.379. The van der Waals surface area contributed by atoms with Gasteiger partial charge in [-0.2, -0.15) is 35.1 Å². The van der Waals surface area contributed by atoms with E-state index in [4.69, 9.17) is 0 Å². The van der Waals surface area contributed by atoms with E-state index in [-0.39, 0.29) is 6.42 Å². The summed E-state index contributed by atoms with van der Waals surface area (Å²) in [6.45, 7) is -1.73. The first-order valence-corrected chi connectivity index (χ1v) is 8.31. The fourth-order valence-electron chi connectivity index (χ4n) is 3.21. The van der Waals surface area contributed by atoms with Gasteiger partial charge in [-0.25, -0.2) is 0 Å². The summed E-state index contributed by atoms with van der Waals surface area (Å²) in [5.41, 5.74) is -3.30. The molecule has 2 atom stereocenters. The summed E-state index contributed by atoms with van der Waals surface area (Å²) in [5, 5.41) is 4.63. The topological polar surface area (TPSA) is 86.5 Å². The average molecular weight is 464 g/mol. The maximum absolute atomic E-state index is 14.6. The Labute approximate surface area is 162 Å². The highest BCUT2D eigenvalue weighted by molar-refractivity contribution is 6.22. The lowest BCUT2D eigenvalue weighted by Gasteiger charge is -2.41. The standard InChI is InChI=1S/C14H14ClF8NO5/c1-2-29-9(26)10(5-3-4-8(10)25)7(6-24(27)28)11(16,17)12(18,19)13(20,21)14(15,22)23/h7H,2-6H2,1H3/t7-,10-/m0/s1. The first-order valence-electron chi connectivity index (χ1n) is 7.93. The van der Waals surface area contributed by atoms with E-state index in [9.17, 15) is 54.8 Å². The molecule has 1 aliphatic rings. The molecule has 15 heteroatoms. The van der Waals surface area contributed by atoms with Gasteiger partial charge in [0.2, 0.25) is 6.54 Å². The Bertz CT molecular complexity index is 683. The molecule has 0 heterocycles. The Balaban J connectivity index is 3.74. The Hall–Kier alpha value is -1.73. The third-order valence-electron chi connectivity index (χ3n) is 4.65. The van der Waals surface area contributed by atoms with Gasteiger partial charge in [0.05, 0.1) is 6.61 Å². The van der Waals surface area contributed by atoms with Gasteiger partial charge in [-0.3, -0.25) is 19.7 Å². The molecule has 1 saturated carbocycles. The van der Waals surface area contributed by atoms with Crippen LogP contribution in [0.1, 0.15) is 26.2 Å². The first kappa shape index (κ1) is 25.3. The van der Waals surface area contributed by atoms with Crippen LogP contribution in [0.5, 0.6) is 0 Å². The SMILES string of the molecule is CCOC(=O)[C@]1([C@H](C[N+](=O)[O-])C(F)(F)C(F)(F)C(F)(F)C(F)(F)Cl)CCCC1=O. The quantitative estimate of drug-likeness (QED) is 0.129. The molecule has 0 aromatic heterocycles. The lowest BCUT2D eigenvalue weighted by molar-refractivity contribution is -0.504. The van der Waals surface area contributed by atoms with Gasteiger partial charge in [0.1, 0.15) is 11.3 Å². The highest BCUT2D eigenvalue weighted by atomic mass is 35.5. The number of carbonyl (C=O) groups is 2. The summed E-state index contributed by atoms with van der Waals surface area (Å²) < 4.78 is 114. The Morgan fingerprint density at radius 3 is 2.07 bits per heavy atom. The largest absolute Gasteiger partial charge is 0.465 e. The summed E-state index contributed by atoms with van der Waals surface area (Å²) in [4.78, 5) is 33.6. The average Bonchev–Trinajstić information content (AvgIpc) is 2.93. The number of hydrogen-bond acceptors (Lipinski definition) is 5. The smallest absolute Gasteiger partial charge is 0.392 e. The fourth-order valence-corrected chi connectivity index (χ4v) is 3.33. The number of alkyl halides is 9. The van der Waals surface area contributed by atoms with Gasteiger partial charge in [0.15, 0.2) is 5.78 Å². The normalized spacial score (nSPS) is 22.5. The van der Waals surface area contributed by atoms with Crippen molar-refractivity contribution in [3.8, 4) is 0 Å². The van der Waals surface area contributed by atoms with E-state index in [1.165, 1.54) is 0 Å². The molecule has 0 aromatic carbocycles. The van der Waals surface area contributed by atoms with Crippen molar-refractivity contribution in [1.82, 2.24) is 0 Å². The number of halogens is 9. The second kappa shape index (κ2) is 7.84.